The summed E-state index contributed by atoms with van der Waals surface area (Å²) in [6.07, 6.45) is 1.17. The molecule has 1 aromatic heterocycles. The summed E-state index contributed by atoms with van der Waals surface area (Å²) in [6.45, 7) is 0.902. The summed E-state index contributed by atoms with van der Waals surface area (Å²) >= 11 is 0. The highest BCUT2D eigenvalue weighted by Gasteiger charge is 2.29. The smallest absolute Gasteiger partial charge is 0.218 e. The highest BCUT2D eigenvalue weighted by Crippen LogP contribution is 2.19. The molecule has 0 atom stereocenters. The molecule has 0 aliphatic carbocycles. The molecule has 0 N–H and O–H groups in total. The SMILES string of the molecule is O=S(=O)(Cc1ccccc1)N1CCC(On2nnc3ccccc32)CC1. The number of hydrogen-bond acceptors (Lipinski definition) is 5. The van der Waals surface area contributed by atoms with Crippen molar-refractivity contribution in [2.45, 2.75) is 24.7 Å². The number of rotatable bonds is 5. The lowest BCUT2D eigenvalue weighted by Crippen LogP contribution is -2.43. The molecule has 3 aromatic rings. The normalized spacial score (nSPS) is 16.8. The fourth-order valence-corrected chi connectivity index (χ4v) is 4.72. The van der Waals surface area contributed by atoms with Crippen molar-refractivity contribution in [2.24, 2.45) is 0 Å². The Morgan fingerprint density at radius 3 is 2.46 bits per heavy atom. The molecule has 0 bridgehead atoms. The van der Waals surface area contributed by atoms with Crippen molar-refractivity contribution in [3.05, 3.63) is 60.2 Å². The molecule has 0 unspecified atom stereocenters. The van der Waals surface area contributed by atoms with Gasteiger partial charge in [0, 0.05) is 25.9 Å². The van der Waals surface area contributed by atoms with E-state index in [1.54, 1.807) is 4.31 Å². The molecule has 0 radical (unpaired) electrons. The Morgan fingerprint density at radius 2 is 1.69 bits per heavy atom. The van der Waals surface area contributed by atoms with Gasteiger partial charge >= 0.3 is 0 Å². The second kappa shape index (κ2) is 7.05. The molecule has 1 aliphatic heterocycles. The van der Waals surface area contributed by atoms with Crippen LogP contribution in [0.1, 0.15) is 18.4 Å². The van der Waals surface area contributed by atoms with Crippen LogP contribution in [0.2, 0.25) is 0 Å². The summed E-state index contributed by atoms with van der Waals surface area (Å²) in [5.41, 5.74) is 2.39. The molecule has 1 aliphatic rings. The molecular formula is C18H20N4O3S. The monoisotopic (exact) mass is 372 g/mol. The second-order valence-electron chi connectivity index (χ2n) is 6.40. The standard InChI is InChI=1S/C18H20N4O3S/c23-26(24,14-15-6-2-1-3-7-15)21-12-10-16(11-13-21)25-22-18-9-5-4-8-17(18)19-20-22/h1-9,16H,10-14H2. The lowest BCUT2D eigenvalue weighted by molar-refractivity contribution is -0.00560. The number of nitrogens with zero attached hydrogens (tertiary/aromatic N) is 4. The van der Waals surface area contributed by atoms with Gasteiger partial charge in [-0.15, -0.1) is 5.10 Å². The van der Waals surface area contributed by atoms with Gasteiger partial charge in [-0.05, 0) is 22.9 Å². The number of aromatic nitrogens is 3. The molecule has 26 heavy (non-hydrogen) atoms. The first kappa shape index (κ1) is 17.0. The lowest BCUT2D eigenvalue weighted by Gasteiger charge is -2.30. The molecule has 0 amide bonds. The number of para-hydroxylation sites is 1. The number of piperidine rings is 1. The van der Waals surface area contributed by atoms with Crippen LogP contribution in [-0.2, 0) is 15.8 Å². The van der Waals surface area contributed by atoms with Gasteiger partial charge in [-0.2, -0.15) is 0 Å². The molecule has 7 nitrogen and oxygen atoms in total. The predicted molar refractivity (Wildman–Crippen MR) is 97.8 cm³/mol. The first-order valence-corrected chi connectivity index (χ1v) is 10.2. The van der Waals surface area contributed by atoms with Gasteiger partial charge in [0.2, 0.25) is 10.0 Å². The Bertz CT molecular complexity index is 980. The average Bonchev–Trinajstić information content (AvgIpc) is 3.06. The van der Waals surface area contributed by atoms with Crippen molar-refractivity contribution in [2.75, 3.05) is 13.1 Å². The third kappa shape index (κ3) is 3.56. The Balaban J connectivity index is 1.38. The van der Waals surface area contributed by atoms with Gasteiger partial charge in [0.05, 0.1) is 5.75 Å². The van der Waals surface area contributed by atoms with Gasteiger partial charge in [0.25, 0.3) is 0 Å². The quantitative estimate of drug-likeness (QED) is 0.683. The van der Waals surface area contributed by atoms with Gasteiger partial charge in [-0.25, -0.2) is 12.7 Å². The fourth-order valence-electron chi connectivity index (χ4n) is 3.16. The van der Waals surface area contributed by atoms with E-state index in [0.29, 0.717) is 25.9 Å². The Labute approximate surface area is 152 Å². The van der Waals surface area contributed by atoms with Crippen LogP contribution in [-0.4, -0.2) is 47.1 Å². The van der Waals surface area contributed by atoms with E-state index >= 15 is 0 Å². The van der Waals surface area contributed by atoms with E-state index in [4.69, 9.17) is 4.84 Å². The van der Waals surface area contributed by atoms with Crippen LogP contribution in [0.4, 0.5) is 0 Å². The summed E-state index contributed by atoms with van der Waals surface area (Å²) in [4.78, 5) is 7.35. The third-order valence-corrected chi connectivity index (χ3v) is 6.41. The van der Waals surface area contributed by atoms with Gasteiger partial charge < -0.3 is 4.84 Å². The molecule has 2 heterocycles. The van der Waals surface area contributed by atoms with Gasteiger partial charge in [0.15, 0.2) is 0 Å². The summed E-state index contributed by atoms with van der Waals surface area (Å²) in [6, 6.07) is 16.8. The summed E-state index contributed by atoms with van der Waals surface area (Å²) in [7, 11) is -3.31. The van der Waals surface area contributed by atoms with Gasteiger partial charge in [0.1, 0.15) is 17.1 Å². The maximum atomic E-state index is 12.6. The highest BCUT2D eigenvalue weighted by molar-refractivity contribution is 7.88. The maximum absolute atomic E-state index is 12.6. The van der Waals surface area contributed by atoms with Crippen LogP contribution in [0.25, 0.3) is 11.0 Å². The predicted octanol–water partition coefficient (Wildman–Crippen LogP) is 1.85. The van der Waals surface area contributed by atoms with Crippen LogP contribution in [0.5, 0.6) is 0 Å². The van der Waals surface area contributed by atoms with Gasteiger partial charge in [-0.1, -0.05) is 47.3 Å². The van der Waals surface area contributed by atoms with Crippen molar-refractivity contribution in [3.63, 3.8) is 0 Å². The fraction of sp³-hybridized carbons (Fsp3) is 0.333. The molecule has 4 rings (SSSR count). The van der Waals surface area contributed by atoms with Crippen LogP contribution in [0.15, 0.2) is 54.6 Å². The van der Waals surface area contributed by atoms with E-state index in [2.05, 4.69) is 10.3 Å². The van der Waals surface area contributed by atoms with E-state index in [9.17, 15) is 8.42 Å². The maximum Gasteiger partial charge on any atom is 0.218 e. The number of sulfonamides is 1. The van der Waals surface area contributed by atoms with E-state index in [0.717, 1.165) is 16.6 Å². The van der Waals surface area contributed by atoms with Crippen LogP contribution in [0.3, 0.4) is 0 Å². The molecule has 0 spiro atoms. The van der Waals surface area contributed by atoms with Crippen LogP contribution < -0.4 is 4.84 Å². The van der Waals surface area contributed by atoms with Crippen molar-refractivity contribution in [1.82, 2.24) is 19.5 Å². The number of benzene rings is 2. The number of hydrogen-bond donors (Lipinski definition) is 0. The Hall–Kier alpha value is -2.45. The molecule has 8 heteroatoms. The van der Waals surface area contributed by atoms with Crippen molar-refractivity contribution in [3.8, 4) is 0 Å². The topological polar surface area (TPSA) is 77.3 Å². The Morgan fingerprint density at radius 1 is 1.00 bits per heavy atom. The van der Waals surface area contributed by atoms with Crippen molar-refractivity contribution in [1.29, 1.82) is 0 Å². The highest BCUT2D eigenvalue weighted by atomic mass is 32.2. The van der Waals surface area contributed by atoms with E-state index < -0.39 is 10.0 Å². The average molecular weight is 372 g/mol. The van der Waals surface area contributed by atoms with E-state index in [-0.39, 0.29) is 11.9 Å². The minimum Gasteiger partial charge on any atom is -0.392 e. The zero-order valence-electron chi connectivity index (χ0n) is 14.2. The molecule has 136 valence electrons. The minimum absolute atomic E-state index is 0.0348. The van der Waals surface area contributed by atoms with E-state index in [1.807, 2.05) is 54.6 Å². The molecular weight excluding hydrogens is 352 g/mol. The first-order valence-electron chi connectivity index (χ1n) is 8.61. The third-order valence-electron chi connectivity index (χ3n) is 4.56. The summed E-state index contributed by atoms with van der Waals surface area (Å²) in [5, 5.41) is 8.09. The summed E-state index contributed by atoms with van der Waals surface area (Å²) in [5.74, 6) is 0.0348. The van der Waals surface area contributed by atoms with Crippen LogP contribution >= 0.6 is 0 Å². The Kier molecular flexibility index (Phi) is 4.60. The lowest BCUT2D eigenvalue weighted by atomic mass is 10.1. The first-order chi connectivity index (χ1) is 12.6. The van der Waals surface area contributed by atoms with Gasteiger partial charge in [-0.3, -0.25) is 0 Å². The molecule has 2 aromatic carbocycles. The molecule has 1 saturated heterocycles. The molecule has 1 fully saturated rings. The zero-order chi connectivity index (χ0) is 18.0. The zero-order valence-corrected chi connectivity index (χ0v) is 15.0. The number of fused-ring (bicyclic) bond motifs is 1. The summed E-state index contributed by atoms with van der Waals surface area (Å²) < 4.78 is 26.8. The van der Waals surface area contributed by atoms with Crippen molar-refractivity contribution < 1.29 is 13.3 Å². The minimum atomic E-state index is -3.31. The van der Waals surface area contributed by atoms with Crippen molar-refractivity contribution >= 4 is 21.1 Å². The van der Waals surface area contributed by atoms with E-state index in [1.165, 1.54) is 4.85 Å². The largest absolute Gasteiger partial charge is 0.392 e. The second-order valence-corrected chi connectivity index (χ2v) is 8.37. The van der Waals surface area contributed by atoms with Crippen LogP contribution in [0, 0.1) is 0 Å². The molecule has 0 saturated carbocycles.